The number of aliphatic hydroxyl groups is 1. The van der Waals surface area contributed by atoms with Crippen LogP contribution in [0.15, 0.2) is 36.5 Å². The molecule has 1 aliphatic carbocycles. The Balaban J connectivity index is 1.44. The van der Waals surface area contributed by atoms with Gasteiger partial charge in [0.2, 0.25) is 0 Å². The third-order valence-corrected chi connectivity index (χ3v) is 4.39. The third kappa shape index (κ3) is 3.22. The highest BCUT2D eigenvalue weighted by molar-refractivity contribution is 5.79. The van der Waals surface area contributed by atoms with Gasteiger partial charge in [-0.3, -0.25) is 0 Å². The number of aromatic nitrogens is 1. The minimum atomic E-state index is -0.0562. The van der Waals surface area contributed by atoms with Crippen LogP contribution in [0.5, 0.6) is 0 Å². The maximum absolute atomic E-state index is 9.49. The fourth-order valence-electron chi connectivity index (χ4n) is 3.17. The number of hydrogen-bond donors (Lipinski definition) is 2. The van der Waals surface area contributed by atoms with E-state index >= 15 is 0 Å². The van der Waals surface area contributed by atoms with Gasteiger partial charge in [-0.25, -0.2) is 0 Å². The molecule has 0 amide bonds. The number of benzene rings is 1. The van der Waals surface area contributed by atoms with E-state index in [0.717, 1.165) is 45.2 Å². The summed E-state index contributed by atoms with van der Waals surface area (Å²) < 4.78 is 2.33. The largest absolute Gasteiger partial charge is 0.393 e. The molecule has 108 valence electrons. The van der Waals surface area contributed by atoms with E-state index in [-0.39, 0.29) is 6.10 Å². The molecular weight excluding hydrogens is 248 g/mol. The molecule has 1 fully saturated rings. The van der Waals surface area contributed by atoms with Crippen molar-refractivity contribution in [1.29, 1.82) is 0 Å². The fourth-order valence-corrected chi connectivity index (χ4v) is 3.17. The predicted octanol–water partition coefficient (Wildman–Crippen LogP) is 2.92. The first-order valence-corrected chi connectivity index (χ1v) is 7.78. The van der Waals surface area contributed by atoms with Gasteiger partial charge in [0.1, 0.15) is 0 Å². The average Bonchev–Trinajstić information content (AvgIpc) is 2.89. The Kier molecular flexibility index (Phi) is 4.38. The van der Waals surface area contributed by atoms with E-state index in [4.69, 9.17) is 0 Å². The third-order valence-electron chi connectivity index (χ3n) is 4.39. The fraction of sp³-hybridized carbons (Fsp3) is 0.529. The zero-order chi connectivity index (χ0) is 13.8. The number of hydrogen-bond acceptors (Lipinski definition) is 2. The van der Waals surface area contributed by atoms with E-state index in [1.165, 1.54) is 10.9 Å². The lowest BCUT2D eigenvalue weighted by Gasteiger charge is -2.26. The number of para-hydroxylation sites is 1. The quantitative estimate of drug-likeness (QED) is 0.821. The molecule has 0 spiro atoms. The summed E-state index contributed by atoms with van der Waals surface area (Å²) >= 11 is 0. The maximum atomic E-state index is 9.49. The van der Waals surface area contributed by atoms with Crippen LogP contribution >= 0.6 is 0 Å². The molecular formula is C17H24N2O. The van der Waals surface area contributed by atoms with E-state index in [1.54, 1.807) is 0 Å². The molecule has 0 bridgehead atoms. The number of aliphatic hydroxyl groups excluding tert-OH is 1. The van der Waals surface area contributed by atoms with Crippen LogP contribution in [-0.4, -0.2) is 28.4 Å². The summed E-state index contributed by atoms with van der Waals surface area (Å²) in [6.07, 6.45) is 7.43. The Morgan fingerprint density at radius 3 is 2.75 bits per heavy atom. The summed E-state index contributed by atoms with van der Waals surface area (Å²) in [7, 11) is 0. The van der Waals surface area contributed by atoms with Gasteiger partial charge in [-0.05, 0) is 56.2 Å². The topological polar surface area (TPSA) is 37.2 Å². The number of aryl methyl sites for hydroxylation is 1. The highest BCUT2D eigenvalue weighted by Gasteiger charge is 2.18. The Hall–Kier alpha value is -1.32. The van der Waals surface area contributed by atoms with Crippen LogP contribution in [0.3, 0.4) is 0 Å². The Labute approximate surface area is 120 Å². The van der Waals surface area contributed by atoms with Gasteiger partial charge in [0.15, 0.2) is 0 Å². The zero-order valence-electron chi connectivity index (χ0n) is 12.0. The van der Waals surface area contributed by atoms with Crippen LogP contribution in [0, 0.1) is 0 Å². The minimum absolute atomic E-state index is 0.0562. The molecule has 1 heterocycles. The lowest BCUT2D eigenvalue weighted by Crippen LogP contribution is -2.35. The van der Waals surface area contributed by atoms with E-state index in [1.807, 2.05) is 0 Å². The maximum Gasteiger partial charge on any atom is 0.0541 e. The van der Waals surface area contributed by atoms with Crippen molar-refractivity contribution in [2.75, 3.05) is 6.54 Å². The molecule has 1 saturated carbocycles. The molecule has 1 aromatic carbocycles. The highest BCUT2D eigenvalue weighted by Crippen LogP contribution is 2.18. The van der Waals surface area contributed by atoms with Crippen molar-refractivity contribution in [1.82, 2.24) is 9.88 Å². The number of fused-ring (bicyclic) bond motifs is 1. The van der Waals surface area contributed by atoms with Gasteiger partial charge >= 0.3 is 0 Å². The zero-order valence-corrected chi connectivity index (χ0v) is 12.0. The molecule has 0 unspecified atom stereocenters. The van der Waals surface area contributed by atoms with Crippen molar-refractivity contribution < 1.29 is 5.11 Å². The Morgan fingerprint density at radius 2 is 1.90 bits per heavy atom. The van der Waals surface area contributed by atoms with Gasteiger partial charge in [-0.2, -0.15) is 0 Å². The first-order chi connectivity index (χ1) is 9.83. The van der Waals surface area contributed by atoms with E-state index in [2.05, 4.69) is 46.4 Å². The normalized spacial score (nSPS) is 23.2. The monoisotopic (exact) mass is 272 g/mol. The molecule has 2 aromatic rings. The van der Waals surface area contributed by atoms with Gasteiger partial charge in [0.25, 0.3) is 0 Å². The van der Waals surface area contributed by atoms with Crippen molar-refractivity contribution in [2.45, 2.75) is 50.8 Å². The van der Waals surface area contributed by atoms with Crippen molar-refractivity contribution in [2.24, 2.45) is 0 Å². The van der Waals surface area contributed by atoms with E-state index in [0.29, 0.717) is 6.04 Å². The first-order valence-electron chi connectivity index (χ1n) is 7.78. The van der Waals surface area contributed by atoms with Gasteiger partial charge in [0, 0.05) is 24.3 Å². The average molecular weight is 272 g/mol. The second-order valence-corrected chi connectivity index (χ2v) is 5.88. The summed E-state index contributed by atoms with van der Waals surface area (Å²) in [5.41, 5.74) is 1.33. The van der Waals surface area contributed by atoms with Crippen LogP contribution in [0.2, 0.25) is 0 Å². The van der Waals surface area contributed by atoms with Crippen LogP contribution in [0.4, 0.5) is 0 Å². The number of nitrogens with zero attached hydrogens (tertiary/aromatic N) is 1. The second kappa shape index (κ2) is 6.42. The smallest absolute Gasteiger partial charge is 0.0541 e. The Bertz CT molecular complexity index is 541. The lowest BCUT2D eigenvalue weighted by atomic mass is 9.93. The molecule has 0 atom stereocenters. The number of nitrogens with one attached hydrogen (secondary N) is 1. The molecule has 3 nitrogen and oxygen atoms in total. The summed E-state index contributed by atoms with van der Waals surface area (Å²) in [5, 5.41) is 14.4. The van der Waals surface area contributed by atoms with E-state index in [9.17, 15) is 5.11 Å². The standard InChI is InChI=1S/C17H24N2O/c20-16-8-6-15(7-9-16)18-11-3-12-19-13-10-14-4-1-2-5-17(14)19/h1-2,4-5,10,13,15-16,18,20H,3,6-9,11-12H2. The molecule has 3 heteroatoms. The molecule has 0 aliphatic heterocycles. The molecule has 2 N–H and O–H groups in total. The molecule has 3 rings (SSSR count). The number of rotatable bonds is 5. The molecule has 0 saturated heterocycles. The van der Waals surface area contributed by atoms with Crippen LogP contribution in [0.1, 0.15) is 32.1 Å². The SMILES string of the molecule is OC1CCC(NCCCn2ccc3ccccc32)CC1. The highest BCUT2D eigenvalue weighted by atomic mass is 16.3. The van der Waals surface area contributed by atoms with E-state index < -0.39 is 0 Å². The second-order valence-electron chi connectivity index (χ2n) is 5.88. The van der Waals surface area contributed by atoms with Crippen molar-refractivity contribution in [3.63, 3.8) is 0 Å². The summed E-state index contributed by atoms with van der Waals surface area (Å²) in [4.78, 5) is 0. The lowest BCUT2D eigenvalue weighted by molar-refractivity contribution is 0.116. The van der Waals surface area contributed by atoms with Gasteiger partial charge < -0.3 is 15.0 Å². The molecule has 20 heavy (non-hydrogen) atoms. The summed E-state index contributed by atoms with van der Waals surface area (Å²) in [6, 6.07) is 11.3. The van der Waals surface area contributed by atoms with Gasteiger partial charge in [-0.1, -0.05) is 18.2 Å². The summed E-state index contributed by atoms with van der Waals surface area (Å²) in [5.74, 6) is 0. The van der Waals surface area contributed by atoms with Crippen molar-refractivity contribution >= 4 is 10.9 Å². The van der Waals surface area contributed by atoms with Crippen molar-refractivity contribution in [3.8, 4) is 0 Å². The summed E-state index contributed by atoms with van der Waals surface area (Å²) in [6.45, 7) is 2.13. The van der Waals surface area contributed by atoms with Gasteiger partial charge in [-0.15, -0.1) is 0 Å². The van der Waals surface area contributed by atoms with Crippen LogP contribution in [-0.2, 0) is 6.54 Å². The first kappa shape index (κ1) is 13.7. The Morgan fingerprint density at radius 1 is 1.10 bits per heavy atom. The van der Waals surface area contributed by atoms with Crippen LogP contribution in [0.25, 0.3) is 10.9 Å². The minimum Gasteiger partial charge on any atom is -0.393 e. The molecule has 1 aromatic heterocycles. The molecule has 1 aliphatic rings. The van der Waals surface area contributed by atoms with Gasteiger partial charge in [0.05, 0.1) is 6.10 Å². The van der Waals surface area contributed by atoms with Crippen molar-refractivity contribution in [3.05, 3.63) is 36.5 Å². The molecule has 0 radical (unpaired) electrons. The van der Waals surface area contributed by atoms with Crippen LogP contribution < -0.4 is 5.32 Å². The predicted molar refractivity (Wildman–Crippen MR) is 82.8 cm³/mol.